The molecule has 0 saturated heterocycles. The predicted molar refractivity (Wildman–Crippen MR) is 73.0 cm³/mol. The Bertz CT molecular complexity index is 581. The van der Waals surface area contributed by atoms with Crippen LogP contribution in [0.4, 0.5) is 4.39 Å². The Morgan fingerprint density at radius 3 is 2.63 bits per heavy atom. The smallest absolute Gasteiger partial charge is 0.148 e. The summed E-state index contributed by atoms with van der Waals surface area (Å²) in [5.74, 6) is -0.0159. The van der Waals surface area contributed by atoms with Crippen LogP contribution in [0.5, 0.6) is 0 Å². The molecule has 0 atom stereocenters. The minimum Gasteiger partial charge on any atom is -0.391 e. The molecule has 0 aliphatic rings. The van der Waals surface area contributed by atoms with Gasteiger partial charge in [-0.25, -0.2) is 9.07 Å². The first kappa shape index (κ1) is 14.0. The third-order valence-electron chi connectivity index (χ3n) is 2.84. The lowest BCUT2D eigenvalue weighted by Gasteiger charge is -2.04. The highest BCUT2D eigenvalue weighted by atomic mass is 35.5. The fourth-order valence-electron chi connectivity index (χ4n) is 1.96. The van der Waals surface area contributed by atoms with E-state index in [0.717, 1.165) is 0 Å². The number of rotatable bonds is 4. The minimum atomic E-state index is -0.396. The van der Waals surface area contributed by atoms with Gasteiger partial charge in [-0.05, 0) is 24.5 Å². The maximum absolute atomic E-state index is 13.8. The van der Waals surface area contributed by atoms with Crippen LogP contribution >= 0.6 is 11.6 Å². The third kappa shape index (κ3) is 2.80. The van der Waals surface area contributed by atoms with Crippen molar-refractivity contribution in [2.24, 2.45) is 5.92 Å². The van der Waals surface area contributed by atoms with Crippen LogP contribution in [-0.2, 0) is 13.0 Å². The van der Waals surface area contributed by atoms with Gasteiger partial charge in [0.05, 0.1) is 12.3 Å². The molecule has 2 rings (SSSR count). The van der Waals surface area contributed by atoms with Gasteiger partial charge in [-0.2, -0.15) is 5.10 Å². The van der Waals surface area contributed by atoms with Crippen LogP contribution in [0.3, 0.4) is 0 Å². The van der Waals surface area contributed by atoms with Crippen molar-refractivity contribution in [1.82, 2.24) is 9.78 Å². The molecule has 0 fully saturated rings. The number of nitrogens with zero attached hydrogens (tertiary/aromatic N) is 2. The summed E-state index contributed by atoms with van der Waals surface area (Å²) in [4.78, 5) is 0. The predicted octanol–water partition coefficient (Wildman–Crippen LogP) is 3.36. The highest BCUT2D eigenvalue weighted by molar-refractivity contribution is 6.30. The molecule has 0 aliphatic carbocycles. The zero-order valence-corrected chi connectivity index (χ0v) is 11.7. The van der Waals surface area contributed by atoms with E-state index in [4.69, 9.17) is 11.6 Å². The van der Waals surface area contributed by atoms with E-state index in [1.807, 2.05) is 0 Å². The average Bonchev–Trinajstić information content (AvgIpc) is 2.65. The van der Waals surface area contributed by atoms with Crippen LogP contribution in [0, 0.1) is 11.7 Å². The lowest BCUT2D eigenvalue weighted by molar-refractivity contribution is 0.280. The molecule has 0 amide bonds. The molecule has 19 heavy (non-hydrogen) atoms. The Hall–Kier alpha value is -1.39. The number of aromatic nitrogens is 2. The van der Waals surface area contributed by atoms with Gasteiger partial charge in [0.2, 0.25) is 0 Å². The molecular formula is C14H16ClFN2O. The lowest BCUT2D eigenvalue weighted by atomic mass is 10.1. The van der Waals surface area contributed by atoms with E-state index in [2.05, 4.69) is 18.9 Å². The first-order valence-corrected chi connectivity index (χ1v) is 6.54. The minimum absolute atomic E-state index is 0.199. The lowest BCUT2D eigenvalue weighted by Crippen LogP contribution is -2.02. The second-order valence-electron chi connectivity index (χ2n) is 4.84. The number of para-hydroxylation sites is 1. The fraction of sp³-hybridized carbons (Fsp3) is 0.357. The van der Waals surface area contributed by atoms with Gasteiger partial charge in [0.15, 0.2) is 0 Å². The molecule has 1 aromatic heterocycles. The summed E-state index contributed by atoms with van der Waals surface area (Å²) in [5.41, 5.74) is 1.57. The summed E-state index contributed by atoms with van der Waals surface area (Å²) in [5, 5.41) is 14.0. The second-order valence-corrected chi connectivity index (χ2v) is 5.19. The van der Waals surface area contributed by atoms with Crippen molar-refractivity contribution in [3.8, 4) is 5.69 Å². The second kappa shape index (κ2) is 5.72. The standard InChI is InChI=1S/C14H16ClFN2O/c1-9(2)7-12-10(8-19)14(15)18(17-12)13-6-4-3-5-11(13)16/h3-6,9,19H,7-8H2,1-2H3. The molecule has 0 saturated carbocycles. The van der Waals surface area contributed by atoms with Gasteiger partial charge < -0.3 is 5.11 Å². The first-order chi connectivity index (χ1) is 9.04. The van der Waals surface area contributed by atoms with Gasteiger partial charge >= 0.3 is 0 Å². The molecule has 5 heteroatoms. The summed E-state index contributed by atoms with van der Waals surface area (Å²) in [7, 11) is 0. The molecule has 0 radical (unpaired) electrons. The normalized spacial score (nSPS) is 11.3. The van der Waals surface area contributed by atoms with Crippen molar-refractivity contribution in [3.63, 3.8) is 0 Å². The van der Waals surface area contributed by atoms with Crippen LogP contribution in [0.1, 0.15) is 25.1 Å². The fourth-order valence-corrected chi connectivity index (χ4v) is 2.26. The molecular weight excluding hydrogens is 267 g/mol. The maximum atomic E-state index is 13.8. The molecule has 0 aliphatic heterocycles. The molecule has 0 unspecified atom stereocenters. The van der Waals surface area contributed by atoms with E-state index in [-0.39, 0.29) is 17.4 Å². The van der Waals surface area contributed by atoms with Crippen LogP contribution < -0.4 is 0 Å². The topological polar surface area (TPSA) is 38.0 Å². The molecule has 1 N–H and O–H groups in total. The molecule has 1 heterocycles. The molecule has 2 aromatic rings. The van der Waals surface area contributed by atoms with Gasteiger partial charge in [0.1, 0.15) is 16.7 Å². The van der Waals surface area contributed by atoms with Gasteiger partial charge in [0.25, 0.3) is 0 Å². The summed E-state index contributed by atoms with van der Waals surface area (Å²) >= 11 is 6.19. The van der Waals surface area contributed by atoms with E-state index >= 15 is 0 Å². The van der Waals surface area contributed by atoms with E-state index in [1.165, 1.54) is 10.7 Å². The molecule has 102 valence electrons. The Kier molecular flexibility index (Phi) is 4.22. The number of aliphatic hydroxyl groups excluding tert-OH is 1. The zero-order valence-electron chi connectivity index (χ0n) is 10.9. The monoisotopic (exact) mass is 282 g/mol. The van der Waals surface area contributed by atoms with Crippen LogP contribution in [0.25, 0.3) is 5.69 Å². The molecule has 0 bridgehead atoms. The van der Waals surface area contributed by atoms with Crippen molar-refractivity contribution in [2.45, 2.75) is 26.9 Å². The molecule has 0 spiro atoms. The summed E-state index contributed by atoms with van der Waals surface area (Å²) in [6.07, 6.45) is 0.692. The number of benzene rings is 1. The highest BCUT2D eigenvalue weighted by Gasteiger charge is 2.18. The summed E-state index contributed by atoms with van der Waals surface area (Å²) in [6.45, 7) is 3.91. The van der Waals surface area contributed by atoms with Crippen molar-refractivity contribution in [2.75, 3.05) is 0 Å². The van der Waals surface area contributed by atoms with Crippen molar-refractivity contribution in [1.29, 1.82) is 0 Å². The Morgan fingerprint density at radius 1 is 1.37 bits per heavy atom. The first-order valence-electron chi connectivity index (χ1n) is 6.16. The molecule has 1 aromatic carbocycles. The molecule has 3 nitrogen and oxygen atoms in total. The van der Waals surface area contributed by atoms with Gasteiger partial charge in [-0.3, -0.25) is 0 Å². The van der Waals surface area contributed by atoms with E-state index in [9.17, 15) is 9.50 Å². The van der Waals surface area contributed by atoms with Crippen molar-refractivity contribution >= 4 is 11.6 Å². The average molecular weight is 283 g/mol. The quantitative estimate of drug-likeness (QED) is 0.934. The Balaban J connectivity index is 2.53. The van der Waals surface area contributed by atoms with Crippen LogP contribution in [-0.4, -0.2) is 14.9 Å². The Morgan fingerprint density at radius 2 is 2.05 bits per heavy atom. The Labute approximate surface area is 116 Å². The van der Waals surface area contributed by atoms with Gasteiger partial charge in [0, 0.05) is 5.56 Å². The third-order valence-corrected chi connectivity index (χ3v) is 3.23. The van der Waals surface area contributed by atoms with Crippen LogP contribution in [0.2, 0.25) is 5.15 Å². The van der Waals surface area contributed by atoms with Gasteiger partial charge in [-0.1, -0.05) is 37.6 Å². The van der Waals surface area contributed by atoms with E-state index < -0.39 is 5.82 Å². The van der Waals surface area contributed by atoms with Crippen LogP contribution in [0.15, 0.2) is 24.3 Å². The number of hydrogen-bond donors (Lipinski definition) is 1. The van der Waals surface area contributed by atoms with E-state index in [0.29, 0.717) is 23.6 Å². The largest absolute Gasteiger partial charge is 0.391 e. The van der Waals surface area contributed by atoms with E-state index in [1.54, 1.807) is 18.2 Å². The summed E-state index contributed by atoms with van der Waals surface area (Å²) < 4.78 is 15.1. The maximum Gasteiger partial charge on any atom is 0.148 e. The van der Waals surface area contributed by atoms with Gasteiger partial charge in [-0.15, -0.1) is 0 Å². The van der Waals surface area contributed by atoms with Crippen molar-refractivity contribution in [3.05, 3.63) is 46.5 Å². The summed E-state index contributed by atoms with van der Waals surface area (Å²) in [6, 6.07) is 6.29. The number of halogens is 2. The number of aliphatic hydroxyl groups is 1. The number of hydrogen-bond acceptors (Lipinski definition) is 2. The zero-order chi connectivity index (χ0) is 14.0. The van der Waals surface area contributed by atoms with Crippen molar-refractivity contribution < 1.29 is 9.50 Å². The highest BCUT2D eigenvalue weighted by Crippen LogP contribution is 2.26. The SMILES string of the molecule is CC(C)Cc1nn(-c2ccccc2F)c(Cl)c1CO.